The van der Waals surface area contributed by atoms with Crippen LogP contribution < -0.4 is 0 Å². The molecule has 0 spiro atoms. The van der Waals surface area contributed by atoms with Crippen molar-refractivity contribution in [2.75, 3.05) is 13.1 Å². The van der Waals surface area contributed by atoms with E-state index in [0.29, 0.717) is 13.0 Å². The van der Waals surface area contributed by atoms with Crippen LogP contribution in [0.25, 0.3) is 0 Å². The van der Waals surface area contributed by atoms with Crippen molar-refractivity contribution in [2.45, 2.75) is 38.3 Å². The van der Waals surface area contributed by atoms with Crippen molar-refractivity contribution in [1.29, 1.82) is 0 Å². The predicted molar refractivity (Wildman–Crippen MR) is 105 cm³/mol. The molecule has 4 rings (SSSR count). The van der Waals surface area contributed by atoms with Crippen LogP contribution in [0.2, 0.25) is 0 Å². The van der Waals surface area contributed by atoms with Crippen molar-refractivity contribution < 1.29 is 9.59 Å². The van der Waals surface area contributed by atoms with E-state index in [1.54, 1.807) is 0 Å². The van der Waals surface area contributed by atoms with Crippen LogP contribution in [-0.4, -0.2) is 34.7 Å². The van der Waals surface area contributed by atoms with Gasteiger partial charge in [0.05, 0.1) is 12.0 Å². The molecule has 4 nitrogen and oxygen atoms in total. The summed E-state index contributed by atoms with van der Waals surface area (Å²) < 4.78 is 0. The average molecular weight is 362 g/mol. The highest BCUT2D eigenvalue weighted by atomic mass is 16.2. The number of carbonyl (C=O) groups is 2. The molecule has 27 heavy (non-hydrogen) atoms. The molecule has 2 aliphatic rings. The van der Waals surface area contributed by atoms with E-state index in [9.17, 15) is 9.59 Å². The minimum absolute atomic E-state index is 0.0723. The van der Waals surface area contributed by atoms with Gasteiger partial charge >= 0.3 is 0 Å². The molecule has 0 unspecified atom stereocenters. The number of likely N-dealkylation sites (tertiary alicyclic amines) is 2. The lowest BCUT2D eigenvalue weighted by Gasteiger charge is -2.33. The molecular formula is C23H26N2O2. The molecule has 2 saturated heterocycles. The Morgan fingerprint density at radius 1 is 0.889 bits per heavy atom. The Morgan fingerprint density at radius 3 is 2.19 bits per heavy atom. The van der Waals surface area contributed by atoms with Crippen molar-refractivity contribution in [3.8, 4) is 0 Å². The number of hydrogen-bond acceptors (Lipinski definition) is 2. The summed E-state index contributed by atoms with van der Waals surface area (Å²) in [6.45, 7) is 2.19. The van der Waals surface area contributed by atoms with E-state index in [2.05, 4.69) is 0 Å². The summed E-state index contributed by atoms with van der Waals surface area (Å²) in [5.41, 5.74) is 2.15. The first kappa shape index (κ1) is 17.8. The molecule has 140 valence electrons. The second kappa shape index (κ2) is 7.95. The zero-order chi connectivity index (χ0) is 18.6. The van der Waals surface area contributed by atoms with Crippen molar-refractivity contribution in [2.24, 2.45) is 5.92 Å². The maximum Gasteiger partial charge on any atom is 0.228 e. The fourth-order valence-electron chi connectivity index (χ4n) is 4.39. The topological polar surface area (TPSA) is 40.6 Å². The SMILES string of the molecule is O=C([C@H]1CC(=O)N(Cc2ccccc2)[C@@H]1c1ccccc1)N1CCCCC1. The van der Waals surface area contributed by atoms with Crippen molar-refractivity contribution >= 4 is 11.8 Å². The molecule has 0 N–H and O–H groups in total. The first-order chi connectivity index (χ1) is 13.2. The number of rotatable bonds is 4. The van der Waals surface area contributed by atoms with E-state index in [4.69, 9.17) is 0 Å². The van der Waals surface area contributed by atoms with E-state index < -0.39 is 0 Å². The van der Waals surface area contributed by atoms with Gasteiger partial charge in [0.2, 0.25) is 11.8 Å². The van der Waals surface area contributed by atoms with Crippen molar-refractivity contribution in [3.63, 3.8) is 0 Å². The van der Waals surface area contributed by atoms with Gasteiger partial charge in [0.1, 0.15) is 0 Å². The Balaban J connectivity index is 1.64. The molecule has 2 aromatic carbocycles. The maximum absolute atomic E-state index is 13.3. The molecule has 2 fully saturated rings. The van der Waals surface area contributed by atoms with Gasteiger partial charge in [-0.1, -0.05) is 60.7 Å². The van der Waals surface area contributed by atoms with Gasteiger partial charge in [-0.15, -0.1) is 0 Å². The Labute approximate surface area is 160 Å². The Hall–Kier alpha value is -2.62. The third-order valence-corrected chi connectivity index (χ3v) is 5.75. The van der Waals surface area contributed by atoms with Gasteiger partial charge in [-0.25, -0.2) is 0 Å². The quantitative estimate of drug-likeness (QED) is 0.830. The molecule has 2 heterocycles. The molecular weight excluding hydrogens is 336 g/mol. The van der Waals surface area contributed by atoms with Crippen molar-refractivity contribution in [1.82, 2.24) is 9.80 Å². The summed E-state index contributed by atoms with van der Waals surface area (Å²) in [4.78, 5) is 30.1. The fraction of sp³-hybridized carbons (Fsp3) is 0.391. The normalized spacial score (nSPS) is 22.9. The maximum atomic E-state index is 13.3. The first-order valence-electron chi connectivity index (χ1n) is 9.91. The molecule has 0 bridgehead atoms. The van der Waals surface area contributed by atoms with Gasteiger partial charge in [-0.2, -0.15) is 0 Å². The lowest BCUT2D eigenvalue weighted by Crippen LogP contribution is -2.41. The average Bonchev–Trinajstić information content (AvgIpc) is 3.05. The van der Waals surface area contributed by atoms with Crippen LogP contribution in [0.1, 0.15) is 42.9 Å². The van der Waals surface area contributed by atoms with Crippen molar-refractivity contribution in [3.05, 3.63) is 71.8 Å². The largest absolute Gasteiger partial charge is 0.342 e. The molecule has 0 aromatic heterocycles. The van der Waals surface area contributed by atoms with Gasteiger partial charge < -0.3 is 9.80 Å². The van der Waals surface area contributed by atoms with E-state index in [0.717, 1.165) is 37.1 Å². The number of benzene rings is 2. The number of carbonyl (C=O) groups excluding carboxylic acids is 2. The lowest BCUT2D eigenvalue weighted by molar-refractivity contribution is -0.137. The van der Waals surface area contributed by atoms with E-state index in [1.807, 2.05) is 70.5 Å². The highest BCUT2D eigenvalue weighted by Gasteiger charge is 2.45. The number of piperidine rings is 1. The van der Waals surface area contributed by atoms with Gasteiger partial charge in [0.25, 0.3) is 0 Å². The number of nitrogens with zero attached hydrogens (tertiary/aromatic N) is 2. The highest BCUT2D eigenvalue weighted by Crippen LogP contribution is 2.40. The summed E-state index contributed by atoms with van der Waals surface area (Å²) >= 11 is 0. The van der Waals surface area contributed by atoms with E-state index in [-0.39, 0.29) is 23.8 Å². The summed E-state index contributed by atoms with van der Waals surface area (Å²) in [6, 6.07) is 19.9. The van der Waals surface area contributed by atoms with Gasteiger partial charge in [-0.05, 0) is 30.4 Å². The molecule has 0 saturated carbocycles. The molecule has 2 aromatic rings. The zero-order valence-corrected chi connectivity index (χ0v) is 15.6. The Bertz CT molecular complexity index is 785. The van der Waals surface area contributed by atoms with Gasteiger partial charge in [-0.3, -0.25) is 9.59 Å². The van der Waals surface area contributed by atoms with Crippen LogP contribution in [0.5, 0.6) is 0 Å². The number of hydrogen-bond donors (Lipinski definition) is 0. The summed E-state index contributed by atoms with van der Waals surface area (Å²) in [5.74, 6) is -0.0720. The third kappa shape index (κ3) is 3.75. The first-order valence-corrected chi connectivity index (χ1v) is 9.91. The molecule has 2 amide bonds. The monoisotopic (exact) mass is 362 g/mol. The smallest absolute Gasteiger partial charge is 0.228 e. The molecule has 0 radical (unpaired) electrons. The van der Waals surface area contributed by atoms with Crippen LogP contribution in [0, 0.1) is 5.92 Å². The highest BCUT2D eigenvalue weighted by molar-refractivity contribution is 5.90. The summed E-state index contributed by atoms with van der Waals surface area (Å²) in [6.07, 6.45) is 3.63. The minimum Gasteiger partial charge on any atom is -0.342 e. The van der Waals surface area contributed by atoms with Gasteiger partial charge in [0, 0.05) is 26.1 Å². The second-order valence-corrected chi connectivity index (χ2v) is 7.56. The molecule has 4 heteroatoms. The van der Waals surface area contributed by atoms with Crippen LogP contribution >= 0.6 is 0 Å². The van der Waals surface area contributed by atoms with E-state index in [1.165, 1.54) is 6.42 Å². The Morgan fingerprint density at radius 2 is 1.52 bits per heavy atom. The second-order valence-electron chi connectivity index (χ2n) is 7.56. The molecule has 0 aliphatic carbocycles. The summed E-state index contributed by atoms with van der Waals surface area (Å²) in [5, 5.41) is 0. The predicted octanol–water partition coefficient (Wildman–Crippen LogP) is 3.79. The minimum atomic E-state index is -0.290. The zero-order valence-electron chi connectivity index (χ0n) is 15.6. The van der Waals surface area contributed by atoms with Crippen LogP contribution in [-0.2, 0) is 16.1 Å². The fourth-order valence-corrected chi connectivity index (χ4v) is 4.39. The van der Waals surface area contributed by atoms with Crippen LogP contribution in [0.4, 0.5) is 0 Å². The van der Waals surface area contributed by atoms with Gasteiger partial charge in [0.15, 0.2) is 0 Å². The van der Waals surface area contributed by atoms with Crippen LogP contribution in [0.15, 0.2) is 60.7 Å². The third-order valence-electron chi connectivity index (χ3n) is 5.75. The molecule has 2 aliphatic heterocycles. The number of amides is 2. The Kier molecular flexibility index (Phi) is 5.23. The van der Waals surface area contributed by atoms with Crippen LogP contribution in [0.3, 0.4) is 0 Å². The summed E-state index contributed by atoms with van der Waals surface area (Å²) in [7, 11) is 0. The standard InChI is InChI=1S/C23H26N2O2/c26-21-16-20(23(27)24-14-8-3-9-15-24)22(19-12-6-2-7-13-19)25(21)17-18-10-4-1-5-11-18/h1-2,4-7,10-13,20,22H,3,8-9,14-17H2/t20-,22+/m0/s1. The van der Waals surface area contributed by atoms with E-state index >= 15 is 0 Å². The molecule has 2 atom stereocenters. The lowest BCUT2D eigenvalue weighted by atomic mass is 9.91.